The van der Waals surface area contributed by atoms with Gasteiger partial charge < -0.3 is 9.64 Å². The lowest BCUT2D eigenvalue weighted by Gasteiger charge is -2.39. The molecule has 5 heteroatoms. The zero-order valence-corrected chi connectivity index (χ0v) is 11.1. The zero-order valence-electron chi connectivity index (χ0n) is 11.1. The Morgan fingerprint density at radius 1 is 1.28 bits per heavy atom. The predicted molar refractivity (Wildman–Crippen MR) is 67.4 cm³/mol. The summed E-state index contributed by atoms with van der Waals surface area (Å²) < 4.78 is 4.98. The van der Waals surface area contributed by atoms with Gasteiger partial charge in [0.15, 0.2) is 0 Å². The van der Waals surface area contributed by atoms with Crippen LogP contribution in [0.25, 0.3) is 0 Å². The van der Waals surface area contributed by atoms with Crippen LogP contribution in [0.15, 0.2) is 0 Å². The summed E-state index contributed by atoms with van der Waals surface area (Å²) in [5, 5.41) is 0. The lowest BCUT2D eigenvalue weighted by molar-refractivity contribution is -0.126. The Labute approximate surface area is 108 Å². The number of amides is 1. The van der Waals surface area contributed by atoms with E-state index in [9.17, 15) is 9.59 Å². The molecule has 1 aliphatic carbocycles. The second-order valence-electron chi connectivity index (χ2n) is 4.95. The van der Waals surface area contributed by atoms with Gasteiger partial charge in [0.1, 0.15) is 5.78 Å². The van der Waals surface area contributed by atoms with Crippen LogP contribution in [0.2, 0.25) is 0 Å². The van der Waals surface area contributed by atoms with Crippen molar-refractivity contribution >= 4 is 11.9 Å². The average Bonchev–Trinajstić information content (AvgIpc) is 2.40. The summed E-state index contributed by atoms with van der Waals surface area (Å²) in [5.74, 6) is 0.380. The summed E-state index contributed by atoms with van der Waals surface area (Å²) in [6, 6.07) is 0.100. The van der Waals surface area contributed by atoms with Gasteiger partial charge in [0.2, 0.25) is 0 Å². The van der Waals surface area contributed by atoms with Gasteiger partial charge in [-0.1, -0.05) is 6.42 Å². The van der Waals surface area contributed by atoms with Crippen LogP contribution in [0.4, 0.5) is 4.79 Å². The molecule has 18 heavy (non-hydrogen) atoms. The largest absolute Gasteiger partial charge is 0.450 e. The molecule has 1 heterocycles. The summed E-state index contributed by atoms with van der Waals surface area (Å²) in [4.78, 5) is 27.4. The third kappa shape index (κ3) is 3.02. The number of Topliss-reactive ketones (excluding diaryl/α,β-unsaturated/α-hetero) is 1. The molecule has 2 fully saturated rings. The molecule has 0 aromatic heterocycles. The molecule has 1 atom stereocenters. The highest BCUT2D eigenvalue weighted by Crippen LogP contribution is 2.21. The van der Waals surface area contributed by atoms with E-state index in [0.717, 1.165) is 38.8 Å². The number of nitrogens with zero attached hydrogens (tertiary/aromatic N) is 2. The molecule has 0 radical (unpaired) electrons. The molecule has 0 N–H and O–H groups in total. The van der Waals surface area contributed by atoms with Crippen LogP contribution in [0.1, 0.15) is 32.6 Å². The van der Waals surface area contributed by atoms with E-state index < -0.39 is 0 Å². The molecule has 1 saturated carbocycles. The van der Waals surface area contributed by atoms with Crippen LogP contribution in [0, 0.1) is 0 Å². The van der Waals surface area contributed by atoms with Gasteiger partial charge in [-0.05, 0) is 19.8 Å². The van der Waals surface area contributed by atoms with Crippen molar-refractivity contribution in [1.29, 1.82) is 0 Å². The Hall–Kier alpha value is -1.10. The molecule has 1 unspecified atom stereocenters. The van der Waals surface area contributed by atoms with E-state index >= 15 is 0 Å². The molecule has 0 spiro atoms. The third-order valence-electron chi connectivity index (χ3n) is 3.80. The van der Waals surface area contributed by atoms with Gasteiger partial charge in [0.25, 0.3) is 0 Å². The normalized spacial score (nSPS) is 26.2. The maximum absolute atomic E-state index is 11.9. The molecule has 1 aliphatic heterocycles. The predicted octanol–water partition coefficient (Wildman–Crippen LogP) is 1.27. The SMILES string of the molecule is CCOC(=O)N1CCN(C2CCCCC2=O)CC1. The highest BCUT2D eigenvalue weighted by molar-refractivity contribution is 5.84. The Bertz CT molecular complexity index is 311. The molecule has 0 aromatic rings. The van der Waals surface area contributed by atoms with E-state index in [1.165, 1.54) is 0 Å². The topological polar surface area (TPSA) is 49.9 Å². The first-order chi connectivity index (χ1) is 8.72. The second kappa shape index (κ2) is 6.18. The number of ether oxygens (including phenoxy) is 1. The number of carbonyl (C=O) groups is 2. The number of rotatable bonds is 2. The van der Waals surface area contributed by atoms with E-state index in [1.807, 2.05) is 6.92 Å². The summed E-state index contributed by atoms with van der Waals surface area (Å²) in [7, 11) is 0. The van der Waals surface area contributed by atoms with E-state index in [2.05, 4.69) is 4.90 Å². The minimum Gasteiger partial charge on any atom is -0.450 e. The van der Waals surface area contributed by atoms with Gasteiger partial charge in [-0.15, -0.1) is 0 Å². The van der Waals surface area contributed by atoms with E-state index in [-0.39, 0.29) is 12.1 Å². The summed E-state index contributed by atoms with van der Waals surface area (Å²) in [6.45, 7) is 5.14. The quantitative estimate of drug-likeness (QED) is 0.744. The number of hydrogen-bond acceptors (Lipinski definition) is 4. The van der Waals surface area contributed by atoms with Gasteiger partial charge in [0.05, 0.1) is 12.6 Å². The summed E-state index contributed by atoms with van der Waals surface area (Å²) >= 11 is 0. The van der Waals surface area contributed by atoms with Crippen molar-refractivity contribution in [2.45, 2.75) is 38.6 Å². The highest BCUT2D eigenvalue weighted by Gasteiger charge is 2.31. The Kier molecular flexibility index (Phi) is 4.58. The number of hydrogen-bond donors (Lipinski definition) is 0. The van der Waals surface area contributed by atoms with Gasteiger partial charge in [-0.3, -0.25) is 9.69 Å². The van der Waals surface area contributed by atoms with E-state index in [4.69, 9.17) is 4.74 Å². The maximum Gasteiger partial charge on any atom is 0.409 e. The van der Waals surface area contributed by atoms with Crippen molar-refractivity contribution in [3.63, 3.8) is 0 Å². The van der Waals surface area contributed by atoms with Crippen LogP contribution in [0.5, 0.6) is 0 Å². The monoisotopic (exact) mass is 254 g/mol. The van der Waals surface area contributed by atoms with Crippen molar-refractivity contribution in [2.75, 3.05) is 32.8 Å². The first kappa shape index (κ1) is 13.3. The van der Waals surface area contributed by atoms with E-state index in [0.29, 0.717) is 25.5 Å². The average molecular weight is 254 g/mol. The first-order valence-corrected chi connectivity index (χ1v) is 6.91. The fourth-order valence-corrected chi connectivity index (χ4v) is 2.78. The van der Waals surface area contributed by atoms with Crippen LogP contribution < -0.4 is 0 Å². The fraction of sp³-hybridized carbons (Fsp3) is 0.846. The van der Waals surface area contributed by atoms with Gasteiger partial charge in [-0.2, -0.15) is 0 Å². The van der Waals surface area contributed by atoms with Gasteiger partial charge >= 0.3 is 6.09 Å². The van der Waals surface area contributed by atoms with Gasteiger partial charge in [0, 0.05) is 32.6 Å². The van der Waals surface area contributed by atoms with Crippen LogP contribution >= 0.6 is 0 Å². The Morgan fingerprint density at radius 3 is 2.61 bits per heavy atom. The van der Waals surface area contributed by atoms with Gasteiger partial charge in [-0.25, -0.2) is 4.79 Å². The third-order valence-corrected chi connectivity index (χ3v) is 3.80. The molecule has 5 nitrogen and oxygen atoms in total. The molecule has 2 aliphatic rings. The van der Waals surface area contributed by atoms with Crippen molar-refractivity contribution < 1.29 is 14.3 Å². The number of piperazine rings is 1. The van der Waals surface area contributed by atoms with Crippen LogP contribution in [-0.4, -0.2) is 60.5 Å². The minimum absolute atomic E-state index is 0.100. The maximum atomic E-state index is 11.9. The molecule has 102 valence electrons. The molecule has 0 aromatic carbocycles. The Morgan fingerprint density at radius 2 is 2.00 bits per heavy atom. The standard InChI is InChI=1S/C13H22N2O3/c1-2-18-13(17)15-9-7-14(8-10-15)11-5-3-4-6-12(11)16/h11H,2-10H2,1H3. The molecular formula is C13H22N2O3. The molecule has 0 bridgehead atoms. The van der Waals surface area contributed by atoms with Crippen LogP contribution in [0.3, 0.4) is 0 Å². The molecular weight excluding hydrogens is 232 g/mol. The summed E-state index contributed by atoms with van der Waals surface area (Å²) in [6.07, 6.45) is 3.67. The molecule has 2 rings (SSSR count). The lowest BCUT2D eigenvalue weighted by Crippen LogP contribution is -2.54. The van der Waals surface area contributed by atoms with Crippen molar-refractivity contribution in [2.24, 2.45) is 0 Å². The van der Waals surface area contributed by atoms with Crippen molar-refractivity contribution in [1.82, 2.24) is 9.80 Å². The number of carbonyl (C=O) groups excluding carboxylic acids is 2. The molecule has 1 amide bonds. The fourth-order valence-electron chi connectivity index (χ4n) is 2.78. The first-order valence-electron chi connectivity index (χ1n) is 6.91. The smallest absolute Gasteiger partial charge is 0.409 e. The minimum atomic E-state index is -0.230. The van der Waals surface area contributed by atoms with Crippen molar-refractivity contribution in [3.8, 4) is 0 Å². The second-order valence-corrected chi connectivity index (χ2v) is 4.95. The van der Waals surface area contributed by atoms with E-state index in [1.54, 1.807) is 4.90 Å². The number of ketones is 1. The zero-order chi connectivity index (χ0) is 13.0. The highest BCUT2D eigenvalue weighted by atomic mass is 16.6. The van der Waals surface area contributed by atoms with Crippen LogP contribution in [-0.2, 0) is 9.53 Å². The Balaban J connectivity index is 1.82. The lowest BCUT2D eigenvalue weighted by atomic mass is 9.92. The van der Waals surface area contributed by atoms with Crippen molar-refractivity contribution in [3.05, 3.63) is 0 Å². The molecule has 1 saturated heterocycles. The summed E-state index contributed by atoms with van der Waals surface area (Å²) in [5.41, 5.74) is 0.